The summed E-state index contributed by atoms with van der Waals surface area (Å²) in [6.07, 6.45) is 3.25. The summed E-state index contributed by atoms with van der Waals surface area (Å²) in [7, 11) is 1.60. The molecule has 34 heavy (non-hydrogen) atoms. The molecule has 0 saturated carbocycles. The molecule has 8 nitrogen and oxygen atoms in total. The monoisotopic (exact) mass is 517 g/mol. The second-order valence-electron chi connectivity index (χ2n) is 7.10. The van der Waals surface area contributed by atoms with Gasteiger partial charge in [0.1, 0.15) is 11.4 Å². The van der Waals surface area contributed by atoms with E-state index >= 15 is 0 Å². The molecule has 2 N–H and O–H groups in total. The molecule has 170 valence electrons. The minimum atomic E-state index is -0.888. The maximum atomic E-state index is 12.2. The summed E-state index contributed by atoms with van der Waals surface area (Å²) < 4.78 is 7.82. The average Bonchev–Trinajstić information content (AvgIpc) is 3.30. The van der Waals surface area contributed by atoms with Crippen molar-refractivity contribution in [1.82, 2.24) is 15.2 Å². The number of para-hydroxylation sites is 1. The van der Waals surface area contributed by atoms with E-state index in [1.165, 1.54) is 6.21 Å². The van der Waals surface area contributed by atoms with Gasteiger partial charge < -0.3 is 10.1 Å². The molecule has 0 unspecified atom stereocenters. The summed E-state index contributed by atoms with van der Waals surface area (Å²) in [6.45, 7) is 0. The van der Waals surface area contributed by atoms with Crippen LogP contribution in [-0.4, -0.2) is 34.9 Å². The van der Waals surface area contributed by atoms with Gasteiger partial charge in [-0.2, -0.15) is 10.2 Å². The first-order chi connectivity index (χ1) is 16.5. The van der Waals surface area contributed by atoms with Crippen molar-refractivity contribution in [2.24, 2.45) is 5.10 Å². The van der Waals surface area contributed by atoms with Crippen molar-refractivity contribution < 1.29 is 14.3 Å². The number of anilines is 1. The fourth-order valence-corrected chi connectivity index (χ4v) is 3.36. The van der Waals surface area contributed by atoms with Gasteiger partial charge in [0.25, 0.3) is 0 Å². The Bertz CT molecular complexity index is 1320. The number of methoxy groups -OCH3 is 1. The largest absolute Gasteiger partial charge is 0.497 e. The lowest BCUT2D eigenvalue weighted by Gasteiger charge is -2.04. The Morgan fingerprint density at radius 2 is 1.68 bits per heavy atom. The number of hydrogen-bond acceptors (Lipinski definition) is 5. The first-order valence-electron chi connectivity index (χ1n) is 10.2. The van der Waals surface area contributed by atoms with Gasteiger partial charge in [0.2, 0.25) is 0 Å². The van der Waals surface area contributed by atoms with Crippen molar-refractivity contribution >= 4 is 39.6 Å². The van der Waals surface area contributed by atoms with Crippen LogP contribution < -0.4 is 15.5 Å². The predicted molar refractivity (Wildman–Crippen MR) is 134 cm³/mol. The van der Waals surface area contributed by atoms with Crippen LogP contribution in [0.1, 0.15) is 5.56 Å². The lowest BCUT2D eigenvalue weighted by molar-refractivity contribution is -0.136. The van der Waals surface area contributed by atoms with Crippen LogP contribution >= 0.6 is 15.9 Å². The van der Waals surface area contributed by atoms with E-state index in [1.807, 2.05) is 54.6 Å². The standard InChI is InChI=1S/C25H20BrN5O3/c1-34-22-13-7-17(8-14-22)23-18(16-31(30-23)21-5-3-2-4-6-21)15-27-29-25(33)24(32)28-20-11-9-19(26)10-12-20/h2-16H,1H3,(H,28,32)(H,29,33)/b27-15+. The molecule has 9 heteroatoms. The summed E-state index contributed by atoms with van der Waals surface area (Å²) in [5.41, 5.74) is 5.78. The fraction of sp³-hybridized carbons (Fsp3) is 0.0400. The molecule has 3 aromatic carbocycles. The molecule has 0 radical (unpaired) electrons. The Kier molecular flexibility index (Phi) is 7.14. The zero-order chi connectivity index (χ0) is 23.9. The number of carbonyl (C=O) groups is 2. The van der Waals surface area contributed by atoms with Gasteiger partial charge in [0, 0.05) is 27.5 Å². The highest BCUT2D eigenvalue weighted by Crippen LogP contribution is 2.25. The molecule has 4 rings (SSSR count). The van der Waals surface area contributed by atoms with Gasteiger partial charge in [0.05, 0.1) is 19.0 Å². The molecule has 2 amide bonds. The van der Waals surface area contributed by atoms with Crippen LogP contribution in [0, 0.1) is 0 Å². The van der Waals surface area contributed by atoms with Gasteiger partial charge in [-0.15, -0.1) is 0 Å². The smallest absolute Gasteiger partial charge is 0.329 e. The van der Waals surface area contributed by atoms with E-state index in [9.17, 15) is 9.59 Å². The number of halogens is 1. The maximum Gasteiger partial charge on any atom is 0.329 e. The maximum absolute atomic E-state index is 12.2. The molecule has 0 aliphatic rings. The zero-order valence-corrected chi connectivity index (χ0v) is 19.7. The molecule has 0 bridgehead atoms. The summed E-state index contributed by atoms with van der Waals surface area (Å²) >= 11 is 3.32. The Morgan fingerprint density at radius 3 is 2.35 bits per heavy atom. The molecule has 1 aromatic heterocycles. The van der Waals surface area contributed by atoms with Crippen LogP contribution in [0.5, 0.6) is 5.75 Å². The number of hydrogen-bond donors (Lipinski definition) is 2. The Morgan fingerprint density at radius 1 is 0.971 bits per heavy atom. The number of aromatic nitrogens is 2. The van der Waals surface area contributed by atoms with Crippen LogP contribution in [0.4, 0.5) is 5.69 Å². The Hall–Kier alpha value is -4.24. The number of nitrogens with one attached hydrogen (secondary N) is 2. The molecular formula is C25H20BrN5O3. The summed E-state index contributed by atoms with van der Waals surface area (Å²) in [5.74, 6) is -0.985. The molecule has 0 spiro atoms. The second kappa shape index (κ2) is 10.6. The highest BCUT2D eigenvalue weighted by Gasteiger charge is 2.14. The van der Waals surface area contributed by atoms with E-state index in [0.29, 0.717) is 16.9 Å². The van der Waals surface area contributed by atoms with Crippen molar-refractivity contribution in [1.29, 1.82) is 0 Å². The zero-order valence-electron chi connectivity index (χ0n) is 18.1. The van der Waals surface area contributed by atoms with Crippen molar-refractivity contribution in [2.75, 3.05) is 12.4 Å². The number of carbonyl (C=O) groups excluding carboxylic acids is 2. The lowest BCUT2D eigenvalue weighted by Crippen LogP contribution is -2.32. The van der Waals surface area contributed by atoms with Crippen LogP contribution in [0.25, 0.3) is 16.9 Å². The third-order valence-corrected chi connectivity index (χ3v) is 5.33. The second-order valence-corrected chi connectivity index (χ2v) is 8.02. The van der Waals surface area contributed by atoms with Gasteiger partial charge in [-0.25, -0.2) is 10.1 Å². The SMILES string of the molecule is COc1ccc(-c2nn(-c3ccccc3)cc2/C=N/NC(=O)C(=O)Nc2ccc(Br)cc2)cc1. The first-order valence-corrected chi connectivity index (χ1v) is 11.0. The van der Waals surface area contributed by atoms with Crippen molar-refractivity contribution in [3.8, 4) is 22.7 Å². The summed E-state index contributed by atoms with van der Waals surface area (Å²) in [6, 6.07) is 24.0. The molecule has 1 heterocycles. The van der Waals surface area contributed by atoms with Crippen LogP contribution in [-0.2, 0) is 9.59 Å². The topological polar surface area (TPSA) is 97.6 Å². The molecule has 0 aliphatic carbocycles. The minimum absolute atomic E-state index is 0.498. The van der Waals surface area contributed by atoms with E-state index in [0.717, 1.165) is 21.5 Å². The number of benzene rings is 3. The fourth-order valence-electron chi connectivity index (χ4n) is 3.10. The number of ether oxygens (including phenoxy) is 1. The first kappa shape index (κ1) is 22.9. The molecule has 4 aromatic rings. The number of rotatable bonds is 6. The molecule has 0 aliphatic heterocycles. The third kappa shape index (κ3) is 5.57. The van der Waals surface area contributed by atoms with E-state index in [-0.39, 0.29) is 0 Å². The third-order valence-electron chi connectivity index (χ3n) is 4.80. The van der Waals surface area contributed by atoms with Gasteiger partial charge in [-0.1, -0.05) is 34.1 Å². The Balaban J connectivity index is 1.53. The van der Waals surface area contributed by atoms with Crippen molar-refractivity contribution in [3.05, 3.63) is 95.1 Å². The van der Waals surface area contributed by atoms with Gasteiger partial charge in [-0.3, -0.25) is 9.59 Å². The molecule has 0 saturated heterocycles. The van der Waals surface area contributed by atoms with Crippen LogP contribution in [0.2, 0.25) is 0 Å². The predicted octanol–water partition coefficient (Wildman–Crippen LogP) is 4.40. The number of nitrogens with zero attached hydrogens (tertiary/aromatic N) is 3. The normalized spacial score (nSPS) is 10.8. The van der Waals surface area contributed by atoms with Gasteiger partial charge in [0.15, 0.2) is 0 Å². The number of hydrazone groups is 1. The van der Waals surface area contributed by atoms with Crippen molar-refractivity contribution in [2.45, 2.75) is 0 Å². The minimum Gasteiger partial charge on any atom is -0.497 e. The molecular weight excluding hydrogens is 498 g/mol. The van der Waals surface area contributed by atoms with E-state index in [2.05, 4.69) is 31.8 Å². The van der Waals surface area contributed by atoms with Crippen LogP contribution in [0.3, 0.4) is 0 Å². The van der Waals surface area contributed by atoms with E-state index < -0.39 is 11.8 Å². The highest BCUT2D eigenvalue weighted by atomic mass is 79.9. The lowest BCUT2D eigenvalue weighted by atomic mass is 10.1. The molecule has 0 atom stereocenters. The van der Waals surface area contributed by atoms with Crippen molar-refractivity contribution in [3.63, 3.8) is 0 Å². The number of amides is 2. The quantitative estimate of drug-likeness (QED) is 0.225. The summed E-state index contributed by atoms with van der Waals surface area (Å²) in [4.78, 5) is 24.3. The Labute approximate surface area is 204 Å². The summed E-state index contributed by atoms with van der Waals surface area (Å²) in [5, 5.41) is 11.2. The molecule has 0 fully saturated rings. The van der Waals surface area contributed by atoms with E-state index in [4.69, 9.17) is 9.84 Å². The van der Waals surface area contributed by atoms with Gasteiger partial charge in [-0.05, 0) is 60.7 Å². The highest BCUT2D eigenvalue weighted by molar-refractivity contribution is 9.10. The average molecular weight is 518 g/mol. The van der Waals surface area contributed by atoms with Crippen LogP contribution in [0.15, 0.2) is 94.6 Å². The van der Waals surface area contributed by atoms with Gasteiger partial charge >= 0.3 is 11.8 Å². The van der Waals surface area contributed by atoms with E-state index in [1.54, 1.807) is 42.3 Å².